The smallest absolute Gasteiger partial charge is 0.408 e. The molecular formula is C20H33N3O5Si. The number of likely N-dealkylation sites (N-methyl/N-ethyl adjacent to an activating group) is 1. The quantitative estimate of drug-likeness (QED) is 0.622. The highest BCUT2D eigenvalue weighted by molar-refractivity contribution is 6.76. The van der Waals surface area contributed by atoms with Crippen molar-refractivity contribution in [2.45, 2.75) is 70.6 Å². The summed E-state index contributed by atoms with van der Waals surface area (Å²) < 4.78 is 5.29. The summed E-state index contributed by atoms with van der Waals surface area (Å²) in [7, 11) is -0.316. The van der Waals surface area contributed by atoms with Gasteiger partial charge < -0.3 is 20.1 Å². The Morgan fingerprint density at radius 1 is 1.28 bits per heavy atom. The molecule has 1 rings (SSSR count). The van der Waals surface area contributed by atoms with E-state index in [1.54, 1.807) is 45.3 Å². The van der Waals surface area contributed by atoms with Gasteiger partial charge in [0.15, 0.2) is 0 Å². The molecule has 8 nitrogen and oxygen atoms in total. The van der Waals surface area contributed by atoms with Crippen molar-refractivity contribution in [2.24, 2.45) is 0 Å². The molecule has 0 spiro atoms. The van der Waals surface area contributed by atoms with Crippen LogP contribution in [0.15, 0.2) is 24.5 Å². The fraction of sp³-hybridized carbons (Fsp3) is 0.600. The normalized spacial score (nSPS) is 13.9. The second-order valence-corrected chi connectivity index (χ2v) is 14.9. The van der Waals surface area contributed by atoms with Crippen LogP contribution in [-0.2, 0) is 20.7 Å². The van der Waals surface area contributed by atoms with Crippen molar-refractivity contribution in [1.29, 1.82) is 0 Å². The first-order valence-corrected chi connectivity index (χ1v) is 13.3. The van der Waals surface area contributed by atoms with E-state index in [0.29, 0.717) is 11.6 Å². The molecule has 0 aliphatic carbocycles. The van der Waals surface area contributed by atoms with Crippen LogP contribution in [0.2, 0.25) is 25.7 Å². The van der Waals surface area contributed by atoms with Crippen molar-refractivity contribution in [3.05, 3.63) is 30.1 Å². The number of carboxylic acids is 1. The van der Waals surface area contributed by atoms with Crippen molar-refractivity contribution in [3.63, 3.8) is 0 Å². The summed E-state index contributed by atoms with van der Waals surface area (Å²) in [5.74, 6) is -1.57. The van der Waals surface area contributed by atoms with Crippen LogP contribution < -0.4 is 5.32 Å². The maximum atomic E-state index is 13.2. The number of carbonyl (C=O) groups is 3. The highest BCUT2D eigenvalue weighted by Gasteiger charge is 2.35. The molecule has 0 saturated carbocycles. The zero-order valence-electron chi connectivity index (χ0n) is 18.4. The minimum Gasteiger partial charge on any atom is -0.480 e. The van der Waals surface area contributed by atoms with Gasteiger partial charge in [0.25, 0.3) is 0 Å². The van der Waals surface area contributed by atoms with Gasteiger partial charge in [-0.05, 0) is 38.4 Å². The van der Waals surface area contributed by atoms with E-state index in [4.69, 9.17) is 4.74 Å². The van der Waals surface area contributed by atoms with Gasteiger partial charge in [-0.25, -0.2) is 9.59 Å². The van der Waals surface area contributed by atoms with Crippen molar-refractivity contribution in [1.82, 2.24) is 15.2 Å². The lowest BCUT2D eigenvalue weighted by atomic mass is 10.1. The molecule has 2 amide bonds. The Bertz CT molecular complexity index is 713. The van der Waals surface area contributed by atoms with Gasteiger partial charge in [0.2, 0.25) is 5.91 Å². The Morgan fingerprint density at radius 2 is 1.90 bits per heavy atom. The van der Waals surface area contributed by atoms with E-state index in [2.05, 4.69) is 29.9 Å². The predicted octanol–water partition coefficient (Wildman–Crippen LogP) is 2.77. The number of nitrogens with zero attached hydrogens (tertiary/aromatic N) is 2. The lowest BCUT2D eigenvalue weighted by Gasteiger charge is -2.32. The zero-order valence-corrected chi connectivity index (χ0v) is 19.4. The fourth-order valence-electron chi connectivity index (χ4n) is 2.79. The molecule has 0 aromatic carbocycles. The van der Waals surface area contributed by atoms with E-state index in [1.807, 2.05) is 0 Å². The van der Waals surface area contributed by atoms with Crippen LogP contribution in [0, 0.1) is 0 Å². The van der Waals surface area contributed by atoms with Crippen LogP contribution in [0.3, 0.4) is 0 Å². The molecule has 162 valence electrons. The molecule has 0 radical (unpaired) electrons. The molecule has 1 aromatic rings. The number of ether oxygens (including phenoxy) is 1. The maximum absolute atomic E-state index is 13.2. The average molecular weight is 424 g/mol. The first kappa shape index (κ1) is 24.6. The molecule has 0 aliphatic rings. The van der Waals surface area contributed by atoms with Crippen LogP contribution in [0.5, 0.6) is 0 Å². The summed E-state index contributed by atoms with van der Waals surface area (Å²) in [6.07, 6.45) is 2.61. The number of nitrogens with one attached hydrogen (secondary N) is 1. The van der Waals surface area contributed by atoms with Crippen molar-refractivity contribution < 1.29 is 24.2 Å². The number of carboxylic acid groups (broad SMARTS) is 1. The van der Waals surface area contributed by atoms with Gasteiger partial charge >= 0.3 is 12.1 Å². The average Bonchev–Trinajstić information content (AvgIpc) is 2.55. The third-order valence-corrected chi connectivity index (χ3v) is 5.69. The van der Waals surface area contributed by atoms with E-state index in [0.717, 1.165) is 0 Å². The fourth-order valence-corrected chi connectivity index (χ4v) is 4.30. The van der Waals surface area contributed by atoms with E-state index in [-0.39, 0.29) is 6.42 Å². The number of rotatable bonds is 8. The first-order valence-electron chi connectivity index (χ1n) is 9.57. The molecule has 9 heteroatoms. The van der Waals surface area contributed by atoms with E-state index in [9.17, 15) is 19.5 Å². The molecule has 1 heterocycles. The van der Waals surface area contributed by atoms with Gasteiger partial charge in [0.1, 0.15) is 17.7 Å². The molecule has 0 unspecified atom stereocenters. The monoisotopic (exact) mass is 423 g/mol. The number of pyridine rings is 1. The Kier molecular flexibility index (Phi) is 8.37. The number of aliphatic carboxylic acids is 1. The van der Waals surface area contributed by atoms with Gasteiger partial charge in [-0.3, -0.25) is 9.78 Å². The lowest BCUT2D eigenvalue weighted by molar-refractivity contribution is -0.149. The topological polar surface area (TPSA) is 109 Å². The van der Waals surface area contributed by atoms with Gasteiger partial charge in [0, 0.05) is 33.9 Å². The maximum Gasteiger partial charge on any atom is 0.408 e. The second-order valence-electron chi connectivity index (χ2n) is 9.33. The van der Waals surface area contributed by atoms with Crippen LogP contribution in [0.1, 0.15) is 26.3 Å². The number of aromatic nitrogens is 1. The third-order valence-electron chi connectivity index (χ3n) is 4.06. The highest BCUT2D eigenvalue weighted by Crippen LogP contribution is 2.17. The summed E-state index contributed by atoms with van der Waals surface area (Å²) in [6.45, 7) is 11.4. The van der Waals surface area contributed by atoms with Crippen LogP contribution >= 0.6 is 0 Å². The molecule has 0 fully saturated rings. The van der Waals surface area contributed by atoms with Gasteiger partial charge in [0.05, 0.1) is 0 Å². The van der Waals surface area contributed by atoms with Crippen LogP contribution in [0.25, 0.3) is 0 Å². The van der Waals surface area contributed by atoms with Gasteiger partial charge in [-0.2, -0.15) is 0 Å². The number of amides is 2. The largest absolute Gasteiger partial charge is 0.480 e. The van der Waals surface area contributed by atoms with Crippen LogP contribution in [0.4, 0.5) is 4.79 Å². The van der Waals surface area contributed by atoms with Gasteiger partial charge in [-0.15, -0.1) is 0 Å². The minimum absolute atomic E-state index is 0.123. The Morgan fingerprint density at radius 3 is 2.34 bits per heavy atom. The van der Waals surface area contributed by atoms with Gasteiger partial charge in [-0.1, -0.05) is 25.7 Å². The molecular weight excluding hydrogens is 390 g/mol. The van der Waals surface area contributed by atoms with Crippen molar-refractivity contribution >= 4 is 26.0 Å². The predicted molar refractivity (Wildman–Crippen MR) is 113 cm³/mol. The summed E-state index contributed by atoms with van der Waals surface area (Å²) in [6, 6.07) is 2.02. The second kappa shape index (κ2) is 9.86. The third kappa shape index (κ3) is 9.08. The van der Waals surface area contributed by atoms with Crippen LogP contribution in [-0.4, -0.2) is 65.8 Å². The van der Waals surface area contributed by atoms with E-state index >= 15 is 0 Å². The van der Waals surface area contributed by atoms with Crippen molar-refractivity contribution in [3.8, 4) is 0 Å². The SMILES string of the molecule is CN(C(=O)[C@@H](C[Si](C)(C)C)NC(=O)OC(C)(C)C)[C@@H](Cc1cccnc1)C(=O)O. The molecule has 0 saturated heterocycles. The molecule has 2 N–H and O–H groups in total. The summed E-state index contributed by atoms with van der Waals surface area (Å²) in [4.78, 5) is 42.5. The molecule has 0 aliphatic heterocycles. The Hall–Kier alpha value is -2.42. The highest BCUT2D eigenvalue weighted by atomic mass is 28.3. The number of carbonyl (C=O) groups excluding carboxylic acids is 2. The first-order chi connectivity index (χ1) is 13.2. The standard InChI is InChI=1S/C20H33N3O5Si/c1-20(2,3)28-19(27)22-15(13-29(5,6)7)17(24)23(4)16(18(25)26)11-14-9-8-10-21-12-14/h8-10,12,15-16H,11,13H2,1-7H3,(H,22,27)(H,25,26)/t15-,16+/m1/s1. The zero-order chi connectivity index (χ0) is 22.4. The lowest BCUT2D eigenvalue weighted by Crippen LogP contribution is -2.55. The molecule has 0 bridgehead atoms. The molecule has 1 aromatic heterocycles. The number of hydrogen-bond acceptors (Lipinski definition) is 5. The Balaban J connectivity index is 3.04. The summed E-state index contributed by atoms with van der Waals surface area (Å²) >= 11 is 0. The Labute approximate surface area is 173 Å². The number of hydrogen-bond donors (Lipinski definition) is 2. The van der Waals surface area contributed by atoms with E-state index < -0.39 is 43.7 Å². The number of alkyl carbamates (subject to hydrolysis) is 1. The minimum atomic E-state index is -1.77. The molecule has 2 atom stereocenters. The summed E-state index contributed by atoms with van der Waals surface area (Å²) in [5.41, 5.74) is 0.00789. The van der Waals surface area contributed by atoms with Crippen molar-refractivity contribution in [2.75, 3.05) is 7.05 Å². The molecule has 29 heavy (non-hydrogen) atoms. The van der Waals surface area contributed by atoms with E-state index in [1.165, 1.54) is 11.9 Å². The summed E-state index contributed by atoms with van der Waals surface area (Å²) in [5, 5.41) is 12.3.